The number of benzene rings is 3. The average Bonchev–Trinajstić information content (AvgIpc) is 3.22. The number of nitrogens with one attached hydrogen (secondary N) is 1. The van der Waals surface area contributed by atoms with Gasteiger partial charge in [0.05, 0.1) is 18.0 Å². The minimum absolute atomic E-state index is 0.0418. The molecule has 0 atom stereocenters. The summed E-state index contributed by atoms with van der Waals surface area (Å²) in [5.41, 5.74) is 2.10. The SMILES string of the molecule is CCOc1ccccc1NC(=O)c1nc(-c2ccccc2)n(-c2cccc(Cl)c2)n1. The monoisotopic (exact) mass is 418 g/mol. The van der Waals surface area contributed by atoms with E-state index in [1.807, 2.05) is 61.5 Å². The Labute approximate surface area is 179 Å². The van der Waals surface area contributed by atoms with Crippen molar-refractivity contribution < 1.29 is 9.53 Å². The van der Waals surface area contributed by atoms with Crippen molar-refractivity contribution in [2.45, 2.75) is 6.92 Å². The van der Waals surface area contributed by atoms with Gasteiger partial charge in [-0.25, -0.2) is 9.67 Å². The first-order valence-corrected chi connectivity index (χ1v) is 9.85. The Hall–Kier alpha value is -3.64. The van der Waals surface area contributed by atoms with Gasteiger partial charge >= 0.3 is 0 Å². The zero-order valence-corrected chi connectivity index (χ0v) is 17.0. The van der Waals surface area contributed by atoms with Crippen molar-refractivity contribution in [2.24, 2.45) is 0 Å². The third-order valence-corrected chi connectivity index (χ3v) is 4.57. The molecule has 3 aromatic carbocycles. The highest BCUT2D eigenvalue weighted by Gasteiger charge is 2.20. The highest BCUT2D eigenvalue weighted by molar-refractivity contribution is 6.30. The molecule has 30 heavy (non-hydrogen) atoms. The summed E-state index contributed by atoms with van der Waals surface area (Å²) in [5.74, 6) is 0.743. The lowest BCUT2D eigenvalue weighted by Gasteiger charge is -2.09. The minimum atomic E-state index is -0.430. The third-order valence-electron chi connectivity index (χ3n) is 4.33. The van der Waals surface area contributed by atoms with E-state index < -0.39 is 5.91 Å². The van der Waals surface area contributed by atoms with Crippen LogP contribution in [0.4, 0.5) is 5.69 Å². The van der Waals surface area contributed by atoms with Crippen LogP contribution in [0, 0.1) is 0 Å². The minimum Gasteiger partial charge on any atom is -0.492 e. The fourth-order valence-electron chi connectivity index (χ4n) is 3.00. The fraction of sp³-hybridized carbons (Fsp3) is 0.0870. The van der Waals surface area contributed by atoms with E-state index in [1.165, 1.54) is 0 Å². The molecular weight excluding hydrogens is 400 g/mol. The first kappa shape index (κ1) is 19.7. The second kappa shape index (κ2) is 8.80. The smallest absolute Gasteiger partial charge is 0.295 e. The molecule has 0 bridgehead atoms. The second-order valence-corrected chi connectivity index (χ2v) is 6.84. The van der Waals surface area contributed by atoms with Crippen LogP contribution in [0.25, 0.3) is 17.1 Å². The van der Waals surface area contributed by atoms with Crippen molar-refractivity contribution >= 4 is 23.2 Å². The lowest BCUT2D eigenvalue weighted by atomic mass is 10.2. The second-order valence-electron chi connectivity index (χ2n) is 6.40. The fourth-order valence-corrected chi connectivity index (χ4v) is 3.18. The zero-order valence-electron chi connectivity index (χ0n) is 16.2. The van der Waals surface area contributed by atoms with Gasteiger partial charge in [0, 0.05) is 10.6 Å². The van der Waals surface area contributed by atoms with Crippen LogP contribution in [0.3, 0.4) is 0 Å². The number of aromatic nitrogens is 3. The Bertz CT molecular complexity index is 1170. The van der Waals surface area contributed by atoms with Crippen molar-refractivity contribution in [3.05, 3.63) is 89.7 Å². The Balaban J connectivity index is 1.73. The molecule has 0 spiro atoms. The summed E-state index contributed by atoms with van der Waals surface area (Å²) in [5, 5.41) is 7.87. The van der Waals surface area contributed by atoms with E-state index in [-0.39, 0.29) is 5.82 Å². The van der Waals surface area contributed by atoms with Crippen LogP contribution in [-0.2, 0) is 0 Å². The first-order chi connectivity index (χ1) is 14.7. The van der Waals surface area contributed by atoms with Crippen LogP contribution >= 0.6 is 11.6 Å². The van der Waals surface area contributed by atoms with E-state index in [0.717, 1.165) is 5.56 Å². The first-order valence-electron chi connectivity index (χ1n) is 9.47. The maximum Gasteiger partial charge on any atom is 0.295 e. The van der Waals surface area contributed by atoms with Crippen molar-refractivity contribution in [1.29, 1.82) is 0 Å². The van der Waals surface area contributed by atoms with Crippen LogP contribution in [-0.4, -0.2) is 27.3 Å². The number of amides is 1. The molecule has 1 aromatic heterocycles. The highest BCUT2D eigenvalue weighted by Crippen LogP contribution is 2.26. The summed E-state index contributed by atoms with van der Waals surface area (Å²) in [6.07, 6.45) is 0. The molecule has 7 heteroatoms. The molecule has 0 aliphatic carbocycles. The van der Waals surface area contributed by atoms with Gasteiger partial charge in [-0.1, -0.05) is 60.1 Å². The predicted molar refractivity (Wildman–Crippen MR) is 117 cm³/mol. The number of carbonyl (C=O) groups excluding carboxylic acids is 1. The lowest BCUT2D eigenvalue weighted by Crippen LogP contribution is -2.15. The quantitative estimate of drug-likeness (QED) is 0.465. The molecule has 4 aromatic rings. The van der Waals surface area contributed by atoms with Gasteiger partial charge in [0.15, 0.2) is 5.82 Å². The van der Waals surface area contributed by atoms with Crippen LogP contribution < -0.4 is 10.1 Å². The molecule has 150 valence electrons. The maximum absolute atomic E-state index is 12.9. The van der Waals surface area contributed by atoms with Crippen molar-refractivity contribution in [2.75, 3.05) is 11.9 Å². The van der Waals surface area contributed by atoms with Gasteiger partial charge in [-0.05, 0) is 37.3 Å². The molecule has 0 aliphatic rings. The predicted octanol–water partition coefficient (Wildman–Crippen LogP) is 5.24. The van der Waals surface area contributed by atoms with Gasteiger partial charge in [0.25, 0.3) is 5.91 Å². The number of para-hydroxylation sites is 2. The molecular formula is C23H19ClN4O2. The molecule has 0 radical (unpaired) electrons. The summed E-state index contributed by atoms with van der Waals surface area (Å²) in [7, 11) is 0. The summed E-state index contributed by atoms with van der Waals surface area (Å²) in [6, 6.07) is 24.0. The van der Waals surface area contributed by atoms with Crippen molar-refractivity contribution in [3.8, 4) is 22.8 Å². The summed E-state index contributed by atoms with van der Waals surface area (Å²) in [6.45, 7) is 2.38. The standard InChI is InChI=1S/C23H19ClN4O2/c1-2-30-20-14-7-6-13-19(20)25-23(29)21-26-22(16-9-4-3-5-10-16)28(27-21)18-12-8-11-17(24)15-18/h3-15H,2H2,1H3,(H,25,29). The van der Waals surface area contributed by atoms with Gasteiger partial charge in [-0.2, -0.15) is 0 Å². The Morgan fingerprint density at radius 2 is 1.80 bits per heavy atom. The number of anilines is 1. The van der Waals surface area contributed by atoms with E-state index in [1.54, 1.807) is 28.9 Å². The molecule has 1 N–H and O–H groups in total. The number of ether oxygens (including phenoxy) is 1. The van der Waals surface area contributed by atoms with Crippen LogP contribution in [0.15, 0.2) is 78.9 Å². The normalized spacial score (nSPS) is 10.6. The summed E-state index contributed by atoms with van der Waals surface area (Å²) >= 11 is 6.16. The molecule has 6 nitrogen and oxygen atoms in total. The number of carbonyl (C=O) groups is 1. The zero-order chi connectivity index (χ0) is 20.9. The molecule has 0 saturated heterocycles. The van der Waals surface area contributed by atoms with Crippen molar-refractivity contribution in [1.82, 2.24) is 14.8 Å². The molecule has 0 aliphatic heterocycles. The number of halogens is 1. The molecule has 4 rings (SSSR count). The number of rotatable bonds is 6. The van der Waals surface area contributed by atoms with Gasteiger partial charge in [-0.15, -0.1) is 5.10 Å². The Kier molecular flexibility index (Phi) is 5.77. The van der Waals surface area contributed by atoms with Gasteiger partial charge in [-0.3, -0.25) is 4.79 Å². The van der Waals surface area contributed by atoms with E-state index >= 15 is 0 Å². The average molecular weight is 419 g/mol. The maximum atomic E-state index is 12.9. The molecule has 1 amide bonds. The third kappa shape index (κ3) is 4.18. The van der Waals surface area contributed by atoms with Gasteiger partial charge in [0.1, 0.15) is 5.75 Å². The van der Waals surface area contributed by atoms with Crippen LogP contribution in [0.5, 0.6) is 5.75 Å². The Morgan fingerprint density at radius 3 is 2.57 bits per heavy atom. The number of hydrogen-bond acceptors (Lipinski definition) is 4. The van der Waals surface area contributed by atoms with E-state index in [4.69, 9.17) is 16.3 Å². The largest absolute Gasteiger partial charge is 0.492 e. The Morgan fingerprint density at radius 1 is 1.03 bits per heavy atom. The van der Waals surface area contributed by atoms with Crippen molar-refractivity contribution in [3.63, 3.8) is 0 Å². The summed E-state index contributed by atoms with van der Waals surface area (Å²) in [4.78, 5) is 17.4. The lowest BCUT2D eigenvalue weighted by molar-refractivity contribution is 0.101. The summed E-state index contributed by atoms with van der Waals surface area (Å²) < 4.78 is 7.19. The topological polar surface area (TPSA) is 69.0 Å². The molecule has 0 fully saturated rings. The van der Waals surface area contributed by atoms with Gasteiger partial charge in [0.2, 0.25) is 5.82 Å². The molecule has 0 saturated carbocycles. The van der Waals surface area contributed by atoms with Gasteiger partial charge < -0.3 is 10.1 Å². The van der Waals surface area contributed by atoms with E-state index in [0.29, 0.717) is 34.6 Å². The van der Waals surface area contributed by atoms with E-state index in [2.05, 4.69) is 15.4 Å². The highest BCUT2D eigenvalue weighted by atomic mass is 35.5. The number of nitrogens with zero attached hydrogens (tertiary/aromatic N) is 3. The van der Waals surface area contributed by atoms with Crippen LogP contribution in [0.2, 0.25) is 5.02 Å². The number of hydrogen-bond donors (Lipinski definition) is 1. The molecule has 1 heterocycles. The molecule has 0 unspecified atom stereocenters. The van der Waals surface area contributed by atoms with E-state index in [9.17, 15) is 4.79 Å². The van der Waals surface area contributed by atoms with Crippen LogP contribution in [0.1, 0.15) is 17.5 Å².